The van der Waals surface area contributed by atoms with Crippen molar-refractivity contribution < 1.29 is 23.9 Å². The maximum atomic E-state index is 13.0. The molecule has 3 aliphatic carbocycles. The van der Waals surface area contributed by atoms with Crippen molar-refractivity contribution in [2.45, 2.75) is 92.3 Å². The Kier molecular flexibility index (Phi) is 5.24. The van der Waals surface area contributed by atoms with Crippen molar-refractivity contribution in [1.29, 1.82) is 0 Å². The van der Waals surface area contributed by atoms with E-state index in [-0.39, 0.29) is 52.7 Å². The summed E-state index contributed by atoms with van der Waals surface area (Å²) >= 11 is 0. The Morgan fingerprint density at radius 3 is 2.50 bits per heavy atom. The molecule has 0 radical (unpaired) electrons. The Morgan fingerprint density at radius 1 is 1.12 bits per heavy atom. The normalized spacial score (nSPS) is 47.1. The van der Waals surface area contributed by atoms with E-state index in [1.807, 2.05) is 6.21 Å². The number of ether oxygens (including phenoxy) is 2. The summed E-state index contributed by atoms with van der Waals surface area (Å²) in [6.07, 6.45) is 7.83. The molecule has 2 heterocycles. The minimum absolute atomic E-state index is 0.0711. The van der Waals surface area contributed by atoms with E-state index in [0.717, 1.165) is 31.3 Å². The van der Waals surface area contributed by atoms with Gasteiger partial charge in [-0.3, -0.25) is 14.6 Å². The molecule has 2 aliphatic heterocycles. The van der Waals surface area contributed by atoms with Crippen LogP contribution in [0.5, 0.6) is 0 Å². The lowest BCUT2D eigenvalue weighted by atomic mass is 9.37. The number of carbonyl (C=O) groups excluding carboxylic acids is 3. The van der Waals surface area contributed by atoms with Gasteiger partial charge in [-0.1, -0.05) is 34.6 Å². The molecule has 3 saturated carbocycles. The first kappa shape index (κ1) is 23.7. The zero-order valence-corrected chi connectivity index (χ0v) is 21.5. The summed E-state index contributed by atoms with van der Waals surface area (Å²) < 4.78 is 12.1. The lowest BCUT2D eigenvalue weighted by Crippen LogP contribution is -2.67. The smallest absolute Gasteiger partial charge is 0.331 e. The van der Waals surface area contributed by atoms with E-state index >= 15 is 0 Å². The van der Waals surface area contributed by atoms with Gasteiger partial charge in [0.2, 0.25) is 0 Å². The fourth-order valence-electron chi connectivity index (χ4n) is 9.16. The highest BCUT2D eigenvalue weighted by Gasteiger charge is 2.69. The van der Waals surface area contributed by atoms with Gasteiger partial charge in [-0.25, -0.2) is 4.79 Å². The maximum absolute atomic E-state index is 13.0. The van der Waals surface area contributed by atoms with Gasteiger partial charge in [-0.2, -0.15) is 0 Å². The van der Waals surface area contributed by atoms with Crippen LogP contribution in [0.15, 0.2) is 16.6 Å². The molecule has 8 atom stereocenters. The van der Waals surface area contributed by atoms with E-state index in [9.17, 15) is 14.4 Å². The highest BCUT2D eigenvalue weighted by molar-refractivity contribution is 5.86. The first-order valence-electron chi connectivity index (χ1n) is 13.0. The van der Waals surface area contributed by atoms with Gasteiger partial charge in [-0.15, -0.1) is 0 Å². The molecule has 186 valence electrons. The SMILES string of the molecule is CC(=O)O[C@@H]1CC2C(C)(C)C(=O)CC[C@]2(C)C2CC[C@]3(C)C(=CC(=O)O[C@H]3C3CC=NC3)[C@@]21C. The third-order valence-electron chi connectivity index (χ3n) is 10.8. The number of esters is 2. The summed E-state index contributed by atoms with van der Waals surface area (Å²) in [6.45, 7) is 13.1. The zero-order chi connectivity index (χ0) is 24.7. The van der Waals surface area contributed by atoms with Crippen molar-refractivity contribution in [2.24, 2.45) is 44.4 Å². The molecule has 3 unspecified atom stereocenters. The van der Waals surface area contributed by atoms with Crippen LogP contribution in [0.4, 0.5) is 0 Å². The molecular weight excluding hydrogens is 430 g/mol. The standard InChI is InChI=1S/C28H39NO5/c1-16(30)33-22-13-19-25(2,3)21(31)8-11-26(19,4)18-7-10-27(5)20(28(18,22)6)14-23(32)34-24(27)17-9-12-29-15-17/h12,14,17-19,22,24H,7-11,13,15H2,1-6H3/t17?,18?,19?,22-,24+,26-,27-,28-/m1/s1. The molecule has 0 saturated heterocycles. The molecule has 3 fully saturated rings. The van der Waals surface area contributed by atoms with Gasteiger partial charge < -0.3 is 9.47 Å². The zero-order valence-electron chi connectivity index (χ0n) is 21.5. The van der Waals surface area contributed by atoms with Crippen LogP contribution in [0, 0.1) is 39.4 Å². The lowest BCUT2D eigenvalue weighted by molar-refractivity contribution is -0.212. The highest BCUT2D eigenvalue weighted by atomic mass is 16.5. The molecular formula is C28H39NO5. The third kappa shape index (κ3) is 3.05. The van der Waals surface area contributed by atoms with Gasteiger partial charge in [0.15, 0.2) is 0 Å². The van der Waals surface area contributed by atoms with Gasteiger partial charge in [0.1, 0.15) is 18.0 Å². The second-order valence-electron chi connectivity index (χ2n) is 12.8. The van der Waals surface area contributed by atoms with Crippen LogP contribution in [-0.2, 0) is 23.9 Å². The van der Waals surface area contributed by atoms with Crippen LogP contribution in [0.1, 0.15) is 80.1 Å². The van der Waals surface area contributed by atoms with Crippen molar-refractivity contribution in [3.05, 3.63) is 11.6 Å². The summed E-state index contributed by atoms with van der Waals surface area (Å²) in [4.78, 5) is 42.8. The molecule has 0 aromatic carbocycles. The molecule has 5 rings (SSSR count). The Balaban J connectivity index is 1.65. The molecule has 0 spiro atoms. The number of aliphatic imine (C=N–C) groups is 1. The van der Waals surface area contributed by atoms with Gasteiger partial charge in [0.25, 0.3) is 0 Å². The Hall–Kier alpha value is -1.98. The average molecular weight is 470 g/mol. The first-order chi connectivity index (χ1) is 15.8. The fourth-order valence-corrected chi connectivity index (χ4v) is 9.16. The van der Waals surface area contributed by atoms with Crippen LogP contribution < -0.4 is 0 Å². The van der Waals surface area contributed by atoms with Crippen LogP contribution in [0.25, 0.3) is 0 Å². The minimum Gasteiger partial charge on any atom is -0.462 e. The summed E-state index contributed by atoms with van der Waals surface area (Å²) in [5, 5.41) is 0. The first-order valence-corrected chi connectivity index (χ1v) is 13.0. The Bertz CT molecular complexity index is 989. The van der Waals surface area contributed by atoms with E-state index < -0.39 is 10.8 Å². The number of fused-ring (bicyclic) bond motifs is 5. The van der Waals surface area contributed by atoms with Crippen LogP contribution in [0.2, 0.25) is 0 Å². The van der Waals surface area contributed by atoms with Crippen molar-refractivity contribution in [1.82, 2.24) is 0 Å². The van der Waals surface area contributed by atoms with Gasteiger partial charge in [-0.05, 0) is 61.1 Å². The molecule has 0 aromatic rings. The van der Waals surface area contributed by atoms with E-state index in [2.05, 4.69) is 39.6 Å². The van der Waals surface area contributed by atoms with Crippen molar-refractivity contribution in [2.75, 3.05) is 6.54 Å². The number of carbonyl (C=O) groups is 3. The number of hydrogen-bond donors (Lipinski definition) is 0. The van der Waals surface area contributed by atoms with Crippen LogP contribution in [-0.4, -0.2) is 42.7 Å². The number of ketones is 1. The van der Waals surface area contributed by atoms with Gasteiger partial charge >= 0.3 is 11.9 Å². The Labute approximate surface area is 202 Å². The predicted octanol–water partition coefficient (Wildman–Crippen LogP) is 4.70. The van der Waals surface area contributed by atoms with Crippen molar-refractivity contribution in [3.63, 3.8) is 0 Å². The highest BCUT2D eigenvalue weighted by Crippen LogP contribution is 2.71. The lowest BCUT2D eigenvalue weighted by Gasteiger charge is -2.68. The number of hydrogen-bond acceptors (Lipinski definition) is 6. The molecule has 0 bridgehead atoms. The number of cyclic esters (lactones) is 1. The van der Waals surface area contributed by atoms with Crippen molar-refractivity contribution in [3.8, 4) is 0 Å². The van der Waals surface area contributed by atoms with Crippen LogP contribution >= 0.6 is 0 Å². The largest absolute Gasteiger partial charge is 0.462 e. The number of nitrogens with zero attached hydrogens (tertiary/aromatic N) is 1. The second-order valence-corrected chi connectivity index (χ2v) is 12.8. The minimum atomic E-state index is -0.489. The second kappa shape index (κ2) is 7.51. The number of Topliss-reactive ketones (excluding diaryl/α,β-unsaturated/α-hetero) is 1. The van der Waals surface area contributed by atoms with Gasteiger partial charge in [0.05, 0.1) is 0 Å². The van der Waals surface area contributed by atoms with E-state index in [0.29, 0.717) is 25.2 Å². The molecule has 34 heavy (non-hydrogen) atoms. The summed E-state index contributed by atoms with van der Waals surface area (Å²) in [5.41, 5.74) is -0.253. The molecule has 0 aromatic heterocycles. The quantitative estimate of drug-likeness (QED) is 0.548. The van der Waals surface area contributed by atoms with E-state index in [4.69, 9.17) is 9.47 Å². The van der Waals surface area contributed by atoms with Gasteiger partial charge in [0, 0.05) is 48.1 Å². The summed E-state index contributed by atoms with van der Waals surface area (Å²) in [6, 6.07) is 0. The molecule has 6 nitrogen and oxygen atoms in total. The topological polar surface area (TPSA) is 82.0 Å². The third-order valence-corrected chi connectivity index (χ3v) is 10.8. The molecule has 6 heteroatoms. The Morgan fingerprint density at radius 2 is 1.85 bits per heavy atom. The maximum Gasteiger partial charge on any atom is 0.331 e. The van der Waals surface area contributed by atoms with Crippen LogP contribution in [0.3, 0.4) is 0 Å². The predicted molar refractivity (Wildman–Crippen MR) is 128 cm³/mol. The summed E-state index contributed by atoms with van der Waals surface area (Å²) in [5.74, 6) is 0.231. The fraction of sp³-hybridized carbons (Fsp3) is 0.786. The summed E-state index contributed by atoms with van der Waals surface area (Å²) in [7, 11) is 0. The molecule has 0 amide bonds. The van der Waals surface area contributed by atoms with E-state index in [1.165, 1.54) is 6.92 Å². The average Bonchev–Trinajstić information content (AvgIpc) is 3.28. The monoisotopic (exact) mass is 469 g/mol. The van der Waals surface area contributed by atoms with Crippen molar-refractivity contribution >= 4 is 23.9 Å². The molecule has 5 aliphatic rings. The molecule has 0 N–H and O–H groups in total. The van der Waals surface area contributed by atoms with E-state index in [1.54, 1.807) is 6.08 Å². The number of rotatable bonds is 2.